The van der Waals surface area contributed by atoms with Crippen molar-refractivity contribution in [2.45, 2.75) is 51.6 Å². The number of carbonyl (C=O) groups excluding carboxylic acids is 1. The predicted molar refractivity (Wildman–Crippen MR) is 107 cm³/mol. The molecule has 0 radical (unpaired) electrons. The van der Waals surface area contributed by atoms with Gasteiger partial charge in [-0.2, -0.15) is 4.98 Å². The number of ether oxygens (including phenoxy) is 1. The highest BCUT2D eigenvalue weighted by molar-refractivity contribution is 5.76. The number of hydrogen-bond acceptors (Lipinski definition) is 6. The third-order valence-electron chi connectivity index (χ3n) is 5.54. The van der Waals surface area contributed by atoms with Gasteiger partial charge in [0.1, 0.15) is 5.75 Å². The summed E-state index contributed by atoms with van der Waals surface area (Å²) in [5.41, 5.74) is 0.858. The lowest BCUT2D eigenvalue weighted by Crippen LogP contribution is -2.47. The summed E-state index contributed by atoms with van der Waals surface area (Å²) >= 11 is 0. The van der Waals surface area contributed by atoms with Gasteiger partial charge in [0.2, 0.25) is 17.6 Å². The Labute approximate surface area is 166 Å². The van der Waals surface area contributed by atoms with Gasteiger partial charge in [0.05, 0.1) is 7.11 Å². The normalized spacial score (nSPS) is 15.8. The topological polar surface area (TPSA) is 71.7 Å². The number of piperidine rings is 1. The van der Waals surface area contributed by atoms with Crippen LogP contribution in [-0.4, -0.2) is 65.2 Å². The third-order valence-corrected chi connectivity index (χ3v) is 5.54. The molecule has 1 aromatic heterocycles. The summed E-state index contributed by atoms with van der Waals surface area (Å²) in [6.45, 7) is 6.54. The maximum Gasteiger partial charge on any atom is 0.227 e. The average Bonchev–Trinajstić information content (AvgIpc) is 3.20. The highest BCUT2D eigenvalue weighted by Crippen LogP contribution is 2.21. The number of benzene rings is 1. The van der Waals surface area contributed by atoms with Crippen LogP contribution in [0.15, 0.2) is 28.8 Å². The second-order valence-electron chi connectivity index (χ2n) is 7.61. The zero-order valence-corrected chi connectivity index (χ0v) is 17.2. The number of methoxy groups -OCH3 is 1. The molecule has 1 saturated heterocycles. The van der Waals surface area contributed by atoms with Crippen LogP contribution in [0.25, 0.3) is 11.4 Å². The number of aromatic nitrogens is 2. The Kier molecular flexibility index (Phi) is 6.67. The zero-order valence-electron chi connectivity index (χ0n) is 17.2. The number of aryl methyl sites for hydroxylation is 1. The second kappa shape index (κ2) is 9.19. The van der Waals surface area contributed by atoms with Gasteiger partial charge < -0.3 is 19.1 Å². The summed E-state index contributed by atoms with van der Waals surface area (Å²) < 4.78 is 10.5. The van der Waals surface area contributed by atoms with E-state index in [0.717, 1.165) is 37.2 Å². The molecule has 2 aromatic rings. The Bertz CT molecular complexity index is 764. The van der Waals surface area contributed by atoms with Gasteiger partial charge in [-0.1, -0.05) is 5.16 Å². The number of likely N-dealkylation sites (tertiary alicyclic amines) is 1. The first-order valence-electron chi connectivity index (χ1n) is 9.94. The molecule has 7 nitrogen and oxygen atoms in total. The lowest BCUT2D eigenvalue weighted by atomic mass is 10.0. The fourth-order valence-electron chi connectivity index (χ4n) is 3.60. The van der Waals surface area contributed by atoms with Gasteiger partial charge in [-0.3, -0.25) is 4.79 Å². The SMILES string of the molecule is COc1ccc(-c2noc(CCC(=O)N(C)C3CCN(C(C)C)CC3)n2)cc1. The van der Waals surface area contributed by atoms with Crippen molar-refractivity contribution in [1.82, 2.24) is 19.9 Å². The van der Waals surface area contributed by atoms with Crippen LogP contribution in [0.1, 0.15) is 39.0 Å². The van der Waals surface area contributed by atoms with Crippen LogP contribution < -0.4 is 4.74 Å². The Morgan fingerprint density at radius 3 is 2.57 bits per heavy atom. The molecule has 0 aliphatic carbocycles. The molecule has 28 heavy (non-hydrogen) atoms. The minimum Gasteiger partial charge on any atom is -0.497 e. The Hall–Kier alpha value is -2.41. The summed E-state index contributed by atoms with van der Waals surface area (Å²) in [4.78, 5) is 21.4. The van der Waals surface area contributed by atoms with Crippen molar-refractivity contribution < 1.29 is 14.1 Å². The van der Waals surface area contributed by atoms with Crippen LogP contribution in [0.4, 0.5) is 0 Å². The van der Waals surface area contributed by atoms with E-state index in [9.17, 15) is 4.79 Å². The molecule has 2 heterocycles. The van der Waals surface area contributed by atoms with E-state index in [0.29, 0.717) is 36.6 Å². The molecular weight excluding hydrogens is 356 g/mol. The maximum absolute atomic E-state index is 12.6. The van der Waals surface area contributed by atoms with Crippen molar-refractivity contribution in [2.24, 2.45) is 0 Å². The highest BCUT2D eigenvalue weighted by Gasteiger charge is 2.26. The highest BCUT2D eigenvalue weighted by atomic mass is 16.5. The van der Waals surface area contributed by atoms with Crippen molar-refractivity contribution >= 4 is 5.91 Å². The molecule has 0 atom stereocenters. The molecule has 0 N–H and O–H groups in total. The summed E-state index contributed by atoms with van der Waals surface area (Å²) in [7, 11) is 3.54. The maximum atomic E-state index is 12.6. The quantitative estimate of drug-likeness (QED) is 0.728. The van der Waals surface area contributed by atoms with E-state index in [2.05, 4.69) is 28.9 Å². The molecule has 1 aliphatic heterocycles. The predicted octanol–water partition coefficient (Wildman–Crippen LogP) is 3.01. The van der Waals surface area contributed by atoms with Crippen LogP contribution in [0.2, 0.25) is 0 Å². The molecule has 0 saturated carbocycles. The van der Waals surface area contributed by atoms with E-state index in [1.807, 2.05) is 36.2 Å². The molecule has 7 heteroatoms. The monoisotopic (exact) mass is 386 g/mol. The number of carbonyl (C=O) groups is 1. The van der Waals surface area contributed by atoms with E-state index in [4.69, 9.17) is 9.26 Å². The van der Waals surface area contributed by atoms with Crippen LogP contribution in [0.5, 0.6) is 5.75 Å². The largest absolute Gasteiger partial charge is 0.497 e. The fraction of sp³-hybridized carbons (Fsp3) is 0.571. The van der Waals surface area contributed by atoms with Crippen molar-refractivity contribution in [3.05, 3.63) is 30.2 Å². The van der Waals surface area contributed by atoms with Crippen molar-refractivity contribution in [3.63, 3.8) is 0 Å². The Balaban J connectivity index is 1.50. The standard InChI is InChI=1S/C21H30N4O3/c1-15(2)25-13-11-17(12-14-25)24(3)20(26)10-9-19-22-21(23-28-19)16-5-7-18(27-4)8-6-16/h5-8,15,17H,9-14H2,1-4H3. The van der Waals surface area contributed by atoms with Crippen LogP contribution in [0, 0.1) is 0 Å². The van der Waals surface area contributed by atoms with E-state index < -0.39 is 0 Å². The lowest BCUT2D eigenvalue weighted by Gasteiger charge is -2.38. The molecule has 1 amide bonds. The van der Waals surface area contributed by atoms with Gasteiger partial charge in [-0.25, -0.2) is 0 Å². The van der Waals surface area contributed by atoms with Gasteiger partial charge in [0.15, 0.2) is 0 Å². The Morgan fingerprint density at radius 2 is 1.96 bits per heavy atom. The average molecular weight is 386 g/mol. The van der Waals surface area contributed by atoms with Gasteiger partial charge in [0, 0.05) is 50.6 Å². The number of nitrogens with zero attached hydrogens (tertiary/aromatic N) is 4. The van der Waals surface area contributed by atoms with Crippen molar-refractivity contribution in [3.8, 4) is 17.1 Å². The molecular formula is C21H30N4O3. The minimum atomic E-state index is 0.132. The molecule has 0 bridgehead atoms. The molecule has 3 rings (SSSR count). The van der Waals surface area contributed by atoms with E-state index in [1.165, 1.54) is 0 Å². The van der Waals surface area contributed by atoms with Gasteiger partial charge in [-0.05, 0) is 51.0 Å². The van der Waals surface area contributed by atoms with Crippen LogP contribution in [-0.2, 0) is 11.2 Å². The summed E-state index contributed by atoms with van der Waals surface area (Å²) in [5, 5.41) is 4.02. The third kappa shape index (κ3) is 4.90. The van der Waals surface area contributed by atoms with Crippen molar-refractivity contribution in [2.75, 3.05) is 27.2 Å². The molecule has 1 aromatic carbocycles. The molecule has 0 unspecified atom stereocenters. The molecule has 152 valence electrons. The zero-order chi connectivity index (χ0) is 20.1. The number of amides is 1. The molecule has 0 spiro atoms. The minimum absolute atomic E-state index is 0.132. The first-order chi connectivity index (χ1) is 13.5. The van der Waals surface area contributed by atoms with Crippen LogP contribution >= 0.6 is 0 Å². The fourth-order valence-corrected chi connectivity index (χ4v) is 3.60. The van der Waals surface area contributed by atoms with Gasteiger partial charge in [0.25, 0.3) is 0 Å². The Morgan fingerprint density at radius 1 is 1.29 bits per heavy atom. The number of rotatable bonds is 7. The van der Waals surface area contributed by atoms with Gasteiger partial charge in [-0.15, -0.1) is 0 Å². The van der Waals surface area contributed by atoms with Crippen molar-refractivity contribution in [1.29, 1.82) is 0 Å². The lowest BCUT2D eigenvalue weighted by molar-refractivity contribution is -0.133. The molecule has 1 aliphatic rings. The first kappa shape index (κ1) is 20.3. The second-order valence-corrected chi connectivity index (χ2v) is 7.61. The smallest absolute Gasteiger partial charge is 0.227 e. The van der Waals surface area contributed by atoms with E-state index in [-0.39, 0.29) is 5.91 Å². The van der Waals surface area contributed by atoms with E-state index in [1.54, 1.807) is 7.11 Å². The van der Waals surface area contributed by atoms with Crippen LogP contribution in [0.3, 0.4) is 0 Å². The summed E-state index contributed by atoms with van der Waals surface area (Å²) in [6.07, 6.45) is 2.90. The summed E-state index contributed by atoms with van der Waals surface area (Å²) in [6, 6.07) is 8.37. The number of hydrogen-bond donors (Lipinski definition) is 0. The van der Waals surface area contributed by atoms with Gasteiger partial charge >= 0.3 is 0 Å². The van der Waals surface area contributed by atoms with E-state index >= 15 is 0 Å². The first-order valence-corrected chi connectivity index (χ1v) is 9.94. The molecule has 1 fully saturated rings. The summed E-state index contributed by atoms with van der Waals surface area (Å²) in [5.74, 6) is 1.93.